The lowest BCUT2D eigenvalue weighted by molar-refractivity contribution is -0.384. The molecule has 0 aliphatic heterocycles. The van der Waals surface area contributed by atoms with E-state index >= 15 is 0 Å². The molecule has 0 aromatic heterocycles. The van der Waals surface area contributed by atoms with Gasteiger partial charge < -0.3 is 0 Å². The number of non-ortho nitro benzene ring substituents is 1. The van der Waals surface area contributed by atoms with E-state index in [-0.39, 0.29) is 5.69 Å². The normalized spacial score (nSPS) is 9.64. The number of halogens is 2. The van der Waals surface area contributed by atoms with Crippen LogP contribution in [0, 0.1) is 10.1 Å². The van der Waals surface area contributed by atoms with Crippen molar-refractivity contribution in [1.29, 1.82) is 0 Å². The summed E-state index contributed by atoms with van der Waals surface area (Å²) in [5, 5.41) is 10.5. The third-order valence-corrected chi connectivity index (χ3v) is 2.35. The van der Waals surface area contributed by atoms with Crippen LogP contribution in [0.2, 0.25) is 0 Å². The molecule has 1 aromatic rings. The number of nitrogens with zero attached hydrogens (tertiary/aromatic N) is 1. The van der Waals surface area contributed by atoms with Gasteiger partial charge >= 0.3 is 0 Å². The van der Waals surface area contributed by atoms with Crippen molar-refractivity contribution < 1.29 is 4.92 Å². The van der Waals surface area contributed by atoms with Gasteiger partial charge in [-0.2, -0.15) is 0 Å². The maximum atomic E-state index is 10.5. The first-order valence-corrected chi connectivity index (χ1v) is 5.54. The lowest BCUT2D eigenvalue weighted by Crippen LogP contribution is -1.88. The van der Waals surface area contributed by atoms with Gasteiger partial charge in [-0.1, -0.05) is 0 Å². The predicted octanol–water partition coefficient (Wildman–Crippen LogP) is 3.97. The van der Waals surface area contributed by atoms with Gasteiger partial charge in [0, 0.05) is 17.0 Å². The quantitative estimate of drug-likeness (QED) is 0.503. The van der Waals surface area contributed by atoms with Crippen LogP contribution in [0.3, 0.4) is 0 Å². The second kappa shape index (κ2) is 4.95. The third kappa shape index (κ3) is 3.11. The first-order valence-electron chi connectivity index (χ1n) is 3.51. The van der Waals surface area contributed by atoms with Crippen LogP contribution in [0.25, 0.3) is 6.08 Å². The van der Waals surface area contributed by atoms with Gasteiger partial charge in [0.2, 0.25) is 0 Å². The summed E-state index contributed by atoms with van der Waals surface area (Å²) in [4.78, 5) is 10.7. The van der Waals surface area contributed by atoms with Crippen LogP contribution < -0.4 is 0 Å². The molecule has 0 saturated carbocycles. The summed E-state index contributed by atoms with van der Waals surface area (Å²) >= 11 is 10.5. The Balaban J connectivity index is 3.22. The van der Waals surface area contributed by atoms with Gasteiger partial charge in [0.1, 0.15) is 0 Å². The third-order valence-electron chi connectivity index (χ3n) is 1.49. The largest absolute Gasteiger partial charge is 0.270 e. The zero-order valence-corrected chi connectivity index (χ0v) is 10.8. The van der Waals surface area contributed by atoms with E-state index < -0.39 is 4.92 Å². The van der Waals surface area contributed by atoms with Gasteiger partial charge in [-0.05, 0) is 49.6 Å². The average Bonchev–Trinajstić information content (AvgIpc) is 2.07. The van der Waals surface area contributed by atoms with E-state index in [1.54, 1.807) is 12.1 Å². The highest BCUT2D eigenvalue weighted by molar-refractivity contribution is 9.28. The number of hydrogen-bond acceptors (Lipinski definition) is 3. The number of rotatable bonds is 2. The SMILES string of the molecule is O=[N+]([O-])c1ccc(S)c(C=C(Br)Br)c1. The molecule has 3 nitrogen and oxygen atoms in total. The zero-order valence-electron chi connectivity index (χ0n) is 6.78. The smallest absolute Gasteiger partial charge is 0.258 e. The molecular weight excluding hydrogens is 334 g/mol. The number of nitro groups is 1. The summed E-state index contributed by atoms with van der Waals surface area (Å²) in [6.07, 6.45) is 1.70. The molecule has 0 amide bonds. The van der Waals surface area contributed by atoms with Crippen molar-refractivity contribution >= 4 is 56.3 Å². The molecule has 6 heteroatoms. The Labute approximate surface area is 103 Å². The summed E-state index contributed by atoms with van der Waals surface area (Å²) in [5.74, 6) is 0. The standard InChI is InChI=1S/C8H5Br2NO2S/c9-8(10)4-5-3-6(11(12)13)1-2-7(5)14/h1-4,14H. The van der Waals surface area contributed by atoms with Crippen LogP contribution in [0.15, 0.2) is 26.5 Å². The number of thiol groups is 1. The topological polar surface area (TPSA) is 43.1 Å². The molecule has 0 aliphatic rings. The van der Waals surface area contributed by atoms with Gasteiger partial charge in [-0.25, -0.2) is 0 Å². The van der Waals surface area contributed by atoms with Crippen LogP contribution in [0.4, 0.5) is 5.69 Å². The molecule has 0 N–H and O–H groups in total. The second-order valence-electron chi connectivity index (χ2n) is 2.43. The molecule has 0 fully saturated rings. The molecule has 1 rings (SSSR count). The van der Waals surface area contributed by atoms with Crippen molar-refractivity contribution in [3.05, 3.63) is 37.3 Å². The van der Waals surface area contributed by atoms with Crippen LogP contribution in [-0.2, 0) is 0 Å². The minimum atomic E-state index is -0.438. The van der Waals surface area contributed by atoms with Crippen molar-refractivity contribution in [3.8, 4) is 0 Å². The van der Waals surface area contributed by atoms with E-state index in [0.717, 1.165) is 0 Å². The van der Waals surface area contributed by atoms with Crippen molar-refractivity contribution in [2.75, 3.05) is 0 Å². The number of benzene rings is 1. The van der Waals surface area contributed by atoms with Gasteiger partial charge in [-0.3, -0.25) is 10.1 Å². The van der Waals surface area contributed by atoms with Gasteiger partial charge in [-0.15, -0.1) is 12.6 Å². The molecule has 0 saturated heterocycles. The van der Waals surface area contributed by atoms with E-state index in [4.69, 9.17) is 0 Å². The van der Waals surface area contributed by atoms with Gasteiger partial charge in [0.15, 0.2) is 0 Å². The Morgan fingerprint density at radius 1 is 1.50 bits per heavy atom. The molecule has 0 unspecified atom stereocenters. The van der Waals surface area contributed by atoms with E-state index in [1.165, 1.54) is 12.1 Å². The van der Waals surface area contributed by atoms with Crippen molar-refractivity contribution in [3.63, 3.8) is 0 Å². The lowest BCUT2D eigenvalue weighted by atomic mass is 10.2. The Morgan fingerprint density at radius 3 is 2.64 bits per heavy atom. The Bertz CT molecular complexity index is 402. The summed E-state index contributed by atoms with van der Waals surface area (Å²) in [6, 6.07) is 4.47. The van der Waals surface area contributed by atoms with Crippen molar-refractivity contribution in [1.82, 2.24) is 0 Å². The summed E-state index contributed by atoms with van der Waals surface area (Å²) < 4.78 is 0.709. The Morgan fingerprint density at radius 2 is 2.14 bits per heavy atom. The fourth-order valence-electron chi connectivity index (χ4n) is 0.889. The molecule has 0 radical (unpaired) electrons. The first-order chi connectivity index (χ1) is 6.50. The number of hydrogen-bond donors (Lipinski definition) is 1. The van der Waals surface area contributed by atoms with Crippen LogP contribution in [0.5, 0.6) is 0 Å². The summed E-state index contributed by atoms with van der Waals surface area (Å²) in [5.41, 5.74) is 0.738. The zero-order chi connectivity index (χ0) is 10.7. The van der Waals surface area contributed by atoms with Gasteiger partial charge in [0.05, 0.1) is 8.31 Å². The second-order valence-corrected chi connectivity index (χ2v) is 5.69. The maximum Gasteiger partial charge on any atom is 0.270 e. The van der Waals surface area contributed by atoms with Crippen molar-refractivity contribution in [2.24, 2.45) is 0 Å². The molecule has 0 atom stereocenters. The summed E-state index contributed by atoms with van der Waals surface area (Å²) in [7, 11) is 0. The van der Waals surface area contributed by atoms with Gasteiger partial charge in [0.25, 0.3) is 5.69 Å². The molecule has 14 heavy (non-hydrogen) atoms. The molecular formula is C8H5Br2NO2S. The highest BCUT2D eigenvalue weighted by atomic mass is 79.9. The van der Waals surface area contributed by atoms with E-state index in [2.05, 4.69) is 44.5 Å². The van der Waals surface area contributed by atoms with Crippen molar-refractivity contribution in [2.45, 2.75) is 4.90 Å². The molecule has 0 aliphatic carbocycles. The maximum absolute atomic E-state index is 10.5. The molecule has 0 spiro atoms. The summed E-state index contributed by atoms with van der Waals surface area (Å²) in [6.45, 7) is 0. The molecule has 0 heterocycles. The average molecular weight is 339 g/mol. The monoisotopic (exact) mass is 337 g/mol. The molecule has 0 bridgehead atoms. The fourth-order valence-corrected chi connectivity index (χ4v) is 1.59. The first kappa shape index (κ1) is 11.7. The van der Waals surface area contributed by atoms with Crippen LogP contribution >= 0.6 is 44.5 Å². The van der Waals surface area contributed by atoms with Crippen LogP contribution in [-0.4, -0.2) is 4.92 Å². The van der Waals surface area contributed by atoms with E-state index in [0.29, 0.717) is 13.9 Å². The Hall–Kier alpha value is -0.330. The lowest BCUT2D eigenvalue weighted by Gasteiger charge is -1.99. The Kier molecular flexibility index (Phi) is 4.15. The van der Waals surface area contributed by atoms with E-state index in [9.17, 15) is 10.1 Å². The molecule has 74 valence electrons. The van der Waals surface area contributed by atoms with E-state index in [1.807, 2.05) is 0 Å². The number of nitro benzene ring substituents is 1. The highest BCUT2D eigenvalue weighted by Gasteiger charge is 2.07. The van der Waals surface area contributed by atoms with Crippen LogP contribution in [0.1, 0.15) is 5.56 Å². The fraction of sp³-hybridized carbons (Fsp3) is 0. The minimum absolute atomic E-state index is 0.0512. The molecule has 1 aromatic carbocycles. The highest BCUT2D eigenvalue weighted by Crippen LogP contribution is 2.26. The minimum Gasteiger partial charge on any atom is -0.258 e. The predicted molar refractivity (Wildman–Crippen MR) is 66.2 cm³/mol.